The third kappa shape index (κ3) is 2.31. The molecule has 0 saturated carbocycles. The molecule has 0 aliphatic carbocycles. The van der Waals surface area contributed by atoms with Crippen LogP contribution in [0.15, 0.2) is 12.7 Å². The van der Waals surface area contributed by atoms with E-state index >= 15 is 0 Å². The van der Waals surface area contributed by atoms with Crippen molar-refractivity contribution in [3.05, 3.63) is 12.7 Å². The summed E-state index contributed by atoms with van der Waals surface area (Å²) in [4.78, 5) is 11.0. The van der Waals surface area contributed by atoms with Crippen LogP contribution >= 0.6 is 0 Å². The van der Waals surface area contributed by atoms with E-state index in [1.165, 1.54) is 0 Å². The van der Waals surface area contributed by atoms with Crippen LogP contribution in [-0.2, 0) is 9.53 Å². The zero-order chi connectivity index (χ0) is 9.73. The van der Waals surface area contributed by atoms with Gasteiger partial charge in [-0.05, 0) is 25.7 Å². The highest BCUT2D eigenvalue weighted by Gasteiger charge is 2.41. The predicted octanol–water partition coefficient (Wildman–Crippen LogP) is 1.83. The van der Waals surface area contributed by atoms with Gasteiger partial charge >= 0.3 is 5.97 Å². The van der Waals surface area contributed by atoms with E-state index in [-0.39, 0.29) is 0 Å². The van der Waals surface area contributed by atoms with Crippen LogP contribution in [0.4, 0.5) is 0 Å². The number of hydrogen-bond acceptors (Lipinski definition) is 2. The first-order valence-corrected chi connectivity index (χ1v) is 4.63. The highest BCUT2D eigenvalue weighted by atomic mass is 16.5. The number of ether oxygens (including phenoxy) is 1. The summed E-state index contributed by atoms with van der Waals surface area (Å²) in [5.41, 5.74) is -0.608. The molecule has 0 aromatic carbocycles. The van der Waals surface area contributed by atoms with Crippen molar-refractivity contribution < 1.29 is 14.6 Å². The maximum Gasteiger partial charge on any atom is 0.312 e. The van der Waals surface area contributed by atoms with E-state index in [1.54, 1.807) is 0 Å². The van der Waals surface area contributed by atoms with Gasteiger partial charge in [0.2, 0.25) is 0 Å². The fourth-order valence-electron chi connectivity index (χ4n) is 1.66. The van der Waals surface area contributed by atoms with E-state index in [2.05, 4.69) is 6.58 Å². The zero-order valence-electron chi connectivity index (χ0n) is 7.79. The molecule has 1 rings (SSSR count). The minimum atomic E-state index is -0.714. The van der Waals surface area contributed by atoms with E-state index in [1.807, 2.05) is 6.08 Å². The second kappa shape index (κ2) is 4.42. The predicted molar refractivity (Wildman–Crippen MR) is 49.6 cm³/mol. The Morgan fingerprint density at radius 2 is 2.46 bits per heavy atom. The van der Waals surface area contributed by atoms with Gasteiger partial charge in [-0.3, -0.25) is 4.79 Å². The molecule has 1 atom stereocenters. The largest absolute Gasteiger partial charge is 0.481 e. The number of allylic oxidation sites excluding steroid dienone is 1. The minimum absolute atomic E-state index is 0.374. The Kier molecular flexibility index (Phi) is 3.48. The average Bonchev–Trinajstić information content (AvgIpc) is 2.55. The summed E-state index contributed by atoms with van der Waals surface area (Å²) in [5.74, 6) is -0.714. The van der Waals surface area contributed by atoms with Crippen LogP contribution in [0.1, 0.15) is 25.7 Å². The molecule has 74 valence electrons. The van der Waals surface area contributed by atoms with Crippen molar-refractivity contribution in [2.75, 3.05) is 13.2 Å². The second-order valence-corrected chi connectivity index (χ2v) is 3.57. The van der Waals surface area contributed by atoms with Crippen molar-refractivity contribution in [2.24, 2.45) is 5.41 Å². The van der Waals surface area contributed by atoms with E-state index in [9.17, 15) is 4.79 Å². The number of carbonyl (C=O) groups is 1. The summed E-state index contributed by atoms with van der Waals surface area (Å²) in [7, 11) is 0. The Labute approximate surface area is 78.4 Å². The first kappa shape index (κ1) is 10.3. The summed E-state index contributed by atoms with van der Waals surface area (Å²) >= 11 is 0. The van der Waals surface area contributed by atoms with Gasteiger partial charge in [0.05, 0.1) is 12.0 Å². The first-order chi connectivity index (χ1) is 6.21. The van der Waals surface area contributed by atoms with Crippen molar-refractivity contribution in [2.45, 2.75) is 25.7 Å². The second-order valence-electron chi connectivity index (χ2n) is 3.57. The third-order valence-electron chi connectivity index (χ3n) is 2.62. The lowest BCUT2D eigenvalue weighted by atomic mass is 9.82. The number of aliphatic carboxylic acids is 1. The van der Waals surface area contributed by atoms with E-state index in [4.69, 9.17) is 9.84 Å². The van der Waals surface area contributed by atoms with Gasteiger partial charge < -0.3 is 9.84 Å². The van der Waals surface area contributed by atoms with Crippen LogP contribution in [0.25, 0.3) is 0 Å². The Bertz CT molecular complexity index is 192. The third-order valence-corrected chi connectivity index (χ3v) is 2.62. The number of carboxylic acids is 1. The lowest BCUT2D eigenvalue weighted by Crippen LogP contribution is -2.31. The lowest BCUT2D eigenvalue weighted by Gasteiger charge is -2.21. The summed E-state index contributed by atoms with van der Waals surface area (Å²) in [5, 5.41) is 9.06. The number of carboxylic acid groups (broad SMARTS) is 1. The highest BCUT2D eigenvalue weighted by Crippen LogP contribution is 2.34. The molecule has 1 fully saturated rings. The van der Waals surface area contributed by atoms with Crippen molar-refractivity contribution in [1.29, 1.82) is 0 Å². The molecule has 1 N–H and O–H groups in total. The molecule has 13 heavy (non-hydrogen) atoms. The van der Waals surface area contributed by atoms with Crippen molar-refractivity contribution in [1.82, 2.24) is 0 Å². The van der Waals surface area contributed by atoms with Crippen molar-refractivity contribution in [3.8, 4) is 0 Å². The van der Waals surface area contributed by atoms with E-state index in [0.717, 1.165) is 12.8 Å². The van der Waals surface area contributed by atoms with Gasteiger partial charge in [-0.1, -0.05) is 6.08 Å². The molecule has 0 amide bonds. The Morgan fingerprint density at radius 1 is 1.69 bits per heavy atom. The molecule has 0 spiro atoms. The van der Waals surface area contributed by atoms with Crippen LogP contribution in [0.3, 0.4) is 0 Å². The normalized spacial score (nSPS) is 27.4. The van der Waals surface area contributed by atoms with Gasteiger partial charge in [-0.2, -0.15) is 0 Å². The standard InChI is InChI=1S/C10H16O3/c1-2-3-4-5-10(9(11)12)6-7-13-8-10/h2H,1,3-8H2,(H,11,12). The van der Waals surface area contributed by atoms with E-state index in [0.29, 0.717) is 26.1 Å². The number of rotatable bonds is 5. The summed E-state index contributed by atoms with van der Waals surface area (Å²) < 4.78 is 5.15. The molecule has 0 aromatic heterocycles. The molecule has 3 heteroatoms. The summed E-state index contributed by atoms with van der Waals surface area (Å²) in [6.45, 7) is 4.57. The topological polar surface area (TPSA) is 46.5 Å². The Balaban J connectivity index is 2.47. The smallest absolute Gasteiger partial charge is 0.312 e. The molecule has 0 aromatic rings. The quantitative estimate of drug-likeness (QED) is 0.523. The molecule has 3 nitrogen and oxygen atoms in total. The van der Waals surface area contributed by atoms with Gasteiger partial charge in [-0.15, -0.1) is 6.58 Å². The Morgan fingerprint density at radius 3 is 2.92 bits per heavy atom. The zero-order valence-corrected chi connectivity index (χ0v) is 7.79. The fraction of sp³-hybridized carbons (Fsp3) is 0.700. The molecule has 1 aliphatic heterocycles. The van der Waals surface area contributed by atoms with Crippen LogP contribution in [-0.4, -0.2) is 24.3 Å². The fourth-order valence-corrected chi connectivity index (χ4v) is 1.66. The molecular weight excluding hydrogens is 168 g/mol. The summed E-state index contributed by atoms with van der Waals surface area (Å²) in [6, 6.07) is 0. The molecular formula is C10H16O3. The molecule has 1 aliphatic rings. The highest BCUT2D eigenvalue weighted by molar-refractivity contribution is 5.75. The molecule has 0 radical (unpaired) electrons. The first-order valence-electron chi connectivity index (χ1n) is 4.63. The van der Waals surface area contributed by atoms with Crippen LogP contribution in [0.5, 0.6) is 0 Å². The van der Waals surface area contributed by atoms with Gasteiger partial charge in [0, 0.05) is 6.61 Å². The number of hydrogen-bond donors (Lipinski definition) is 1. The monoisotopic (exact) mass is 184 g/mol. The average molecular weight is 184 g/mol. The Hall–Kier alpha value is -0.830. The molecule has 0 bridgehead atoms. The van der Waals surface area contributed by atoms with Crippen LogP contribution in [0.2, 0.25) is 0 Å². The molecule has 1 heterocycles. The van der Waals surface area contributed by atoms with Gasteiger partial charge in [0.1, 0.15) is 0 Å². The van der Waals surface area contributed by atoms with Crippen LogP contribution in [0, 0.1) is 5.41 Å². The maximum atomic E-state index is 11.0. The van der Waals surface area contributed by atoms with Gasteiger partial charge in [-0.25, -0.2) is 0 Å². The molecule has 1 saturated heterocycles. The van der Waals surface area contributed by atoms with Crippen LogP contribution < -0.4 is 0 Å². The van der Waals surface area contributed by atoms with Crippen molar-refractivity contribution in [3.63, 3.8) is 0 Å². The van der Waals surface area contributed by atoms with Crippen molar-refractivity contribution >= 4 is 5.97 Å². The summed E-state index contributed by atoms with van der Waals surface area (Å²) in [6.07, 6.45) is 4.95. The van der Waals surface area contributed by atoms with Gasteiger partial charge in [0.25, 0.3) is 0 Å². The molecule has 1 unspecified atom stereocenters. The van der Waals surface area contributed by atoms with E-state index < -0.39 is 11.4 Å². The minimum Gasteiger partial charge on any atom is -0.481 e. The number of unbranched alkanes of at least 4 members (excludes halogenated alkanes) is 1. The lowest BCUT2D eigenvalue weighted by molar-refractivity contribution is -0.149. The SMILES string of the molecule is C=CCCCC1(C(=O)O)CCOC1. The maximum absolute atomic E-state index is 11.0. The van der Waals surface area contributed by atoms with Gasteiger partial charge in [0.15, 0.2) is 0 Å².